The van der Waals surface area contributed by atoms with Gasteiger partial charge in [0, 0.05) is 0 Å². The van der Waals surface area contributed by atoms with Crippen molar-refractivity contribution in [3.8, 4) is 17.6 Å². The van der Waals surface area contributed by atoms with E-state index in [1.54, 1.807) is 6.92 Å². The molecule has 0 radical (unpaired) electrons. The monoisotopic (exact) mass is 216 g/mol. The van der Waals surface area contributed by atoms with Gasteiger partial charge in [-0.05, 0) is 49.4 Å². The summed E-state index contributed by atoms with van der Waals surface area (Å²) in [6.45, 7) is 2.20. The molecule has 0 fully saturated rings. The molecule has 1 aromatic carbocycles. The number of aliphatic hydroxyl groups is 1. The molecule has 84 valence electrons. The molecule has 0 unspecified atom stereocenters. The lowest BCUT2D eigenvalue weighted by Crippen LogP contribution is -2.09. The van der Waals surface area contributed by atoms with Crippen molar-refractivity contribution >= 4 is 0 Å². The molecule has 0 saturated heterocycles. The summed E-state index contributed by atoms with van der Waals surface area (Å²) in [4.78, 5) is 0. The van der Waals surface area contributed by atoms with Crippen molar-refractivity contribution in [3.05, 3.63) is 29.3 Å². The van der Waals surface area contributed by atoms with E-state index in [0.29, 0.717) is 6.61 Å². The van der Waals surface area contributed by atoms with E-state index in [-0.39, 0.29) is 6.10 Å². The molecule has 2 heteroatoms. The quantitative estimate of drug-likeness (QED) is 0.769. The predicted molar refractivity (Wildman–Crippen MR) is 63.3 cm³/mol. The Morgan fingerprint density at radius 2 is 2.38 bits per heavy atom. The Hall–Kier alpha value is -1.46. The van der Waals surface area contributed by atoms with Crippen LogP contribution in [-0.4, -0.2) is 11.7 Å². The van der Waals surface area contributed by atoms with Crippen molar-refractivity contribution < 1.29 is 9.84 Å². The molecule has 1 N–H and O–H groups in total. The van der Waals surface area contributed by atoms with Crippen molar-refractivity contribution in [2.75, 3.05) is 6.61 Å². The van der Waals surface area contributed by atoms with Gasteiger partial charge in [-0.2, -0.15) is 0 Å². The first-order chi connectivity index (χ1) is 7.81. The standard InChI is InChI=1S/C14H16O2/c1-2-3-9-16-12-8-7-11-5-4-6-14(15)13(11)10-12/h7-8,10,14-15H,4-6,9H2,1H3/t14-/m0/s1. The SMILES string of the molecule is CC#CCOc1ccc2c(c1)[C@@H](O)CCC2. The van der Waals surface area contributed by atoms with E-state index < -0.39 is 0 Å². The highest BCUT2D eigenvalue weighted by atomic mass is 16.5. The Morgan fingerprint density at radius 1 is 1.50 bits per heavy atom. The van der Waals surface area contributed by atoms with Crippen molar-refractivity contribution in [2.24, 2.45) is 0 Å². The number of fused-ring (bicyclic) bond motifs is 1. The molecule has 0 amide bonds. The van der Waals surface area contributed by atoms with E-state index in [4.69, 9.17) is 4.74 Å². The van der Waals surface area contributed by atoms with Crippen molar-refractivity contribution in [2.45, 2.75) is 32.3 Å². The summed E-state index contributed by atoms with van der Waals surface area (Å²) in [6.07, 6.45) is 2.65. The summed E-state index contributed by atoms with van der Waals surface area (Å²) in [5.74, 6) is 6.43. The maximum atomic E-state index is 9.87. The van der Waals surface area contributed by atoms with Crippen LogP contribution in [0.15, 0.2) is 18.2 Å². The van der Waals surface area contributed by atoms with Crippen LogP contribution in [0, 0.1) is 11.8 Å². The summed E-state index contributed by atoms with van der Waals surface area (Å²) in [5.41, 5.74) is 2.26. The minimum Gasteiger partial charge on any atom is -0.481 e. The van der Waals surface area contributed by atoms with E-state index in [0.717, 1.165) is 30.6 Å². The highest BCUT2D eigenvalue weighted by Gasteiger charge is 2.18. The van der Waals surface area contributed by atoms with Crippen molar-refractivity contribution in [1.29, 1.82) is 0 Å². The third-order valence-electron chi connectivity index (χ3n) is 2.89. The first kappa shape index (κ1) is 11.0. The first-order valence-corrected chi connectivity index (χ1v) is 5.64. The van der Waals surface area contributed by atoms with Crippen LogP contribution >= 0.6 is 0 Å². The molecule has 1 aromatic rings. The lowest BCUT2D eigenvalue weighted by atomic mass is 9.89. The first-order valence-electron chi connectivity index (χ1n) is 5.64. The number of aryl methyl sites for hydroxylation is 1. The number of aliphatic hydroxyl groups excluding tert-OH is 1. The average molecular weight is 216 g/mol. The molecule has 2 rings (SSSR count). The lowest BCUT2D eigenvalue weighted by molar-refractivity contribution is 0.156. The summed E-state index contributed by atoms with van der Waals surface area (Å²) >= 11 is 0. The summed E-state index contributed by atoms with van der Waals surface area (Å²) in [6, 6.07) is 5.94. The Labute approximate surface area is 96.3 Å². The van der Waals surface area contributed by atoms with Gasteiger partial charge in [0.05, 0.1) is 6.10 Å². The fourth-order valence-corrected chi connectivity index (χ4v) is 2.03. The van der Waals surface area contributed by atoms with Gasteiger partial charge in [-0.3, -0.25) is 0 Å². The second-order valence-electron chi connectivity index (χ2n) is 3.98. The van der Waals surface area contributed by atoms with Crippen LogP contribution < -0.4 is 4.74 Å². The van der Waals surface area contributed by atoms with Gasteiger partial charge in [0.1, 0.15) is 12.4 Å². The Morgan fingerprint density at radius 3 is 3.19 bits per heavy atom. The molecule has 1 atom stereocenters. The summed E-state index contributed by atoms with van der Waals surface area (Å²) in [5, 5.41) is 9.87. The largest absolute Gasteiger partial charge is 0.481 e. The van der Waals surface area contributed by atoms with Gasteiger partial charge in [0.2, 0.25) is 0 Å². The molecule has 0 spiro atoms. The van der Waals surface area contributed by atoms with Gasteiger partial charge in [-0.25, -0.2) is 0 Å². The molecular weight excluding hydrogens is 200 g/mol. The molecule has 16 heavy (non-hydrogen) atoms. The van der Waals surface area contributed by atoms with Crippen LogP contribution in [-0.2, 0) is 6.42 Å². The second kappa shape index (κ2) is 5.05. The van der Waals surface area contributed by atoms with E-state index in [1.807, 2.05) is 18.2 Å². The highest BCUT2D eigenvalue weighted by molar-refractivity contribution is 5.38. The van der Waals surface area contributed by atoms with Crippen molar-refractivity contribution in [1.82, 2.24) is 0 Å². The van der Waals surface area contributed by atoms with Gasteiger partial charge in [-0.1, -0.05) is 12.0 Å². The third-order valence-corrected chi connectivity index (χ3v) is 2.89. The third kappa shape index (κ3) is 2.37. The highest BCUT2D eigenvalue weighted by Crippen LogP contribution is 2.32. The molecule has 0 saturated carbocycles. The number of ether oxygens (including phenoxy) is 1. The van der Waals surface area contributed by atoms with Gasteiger partial charge < -0.3 is 9.84 Å². The molecular formula is C14H16O2. The van der Waals surface area contributed by atoms with Crippen LogP contribution in [0.3, 0.4) is 0 Å². The number of hydrogen-bond donors (Lipinski definition) is 1. The van der Waals surface area contributed by atoms with Gasteiger partial charge in [0.15, 0.2) is 0 Å². The molecule has 2 nitrogen and oxygen atoms in total. The van der Waals surface area contributed by atoms with Crippen LogP contribution in [0.2, 0.25) is 0 Å². The van der Waals surface area contributed by atoms with E-state index in [2.05, 4.69) is 11.8 Å². The molecule has 0 heterocycles. The zero-order chi connectivity index (χ0) is 11.4. The van der Waals surface area contributed by atoms with Gasteiger partial charge in [0.25, 0.3) is 0 Å². The minimum absolute atomic E-state index is 0.329. The molecule has 1 aliphatic carbocycles. The fraction of sp³-hybridized carbons (Fsp3) is 0.429. The topological polar surface area (TPSA) is 29.5 Å². The van der Waals surface area contributed by atoms with Gasteiger partial charge >= 0.3 is 0 Å². The Bertz CT molecular complexity index is 426. The summed E-state index contributed by atoms with van der Waals surface area (Å²) < 4.78 is 5.48. The van der Waals surface area contributed by atoms with E-state index in [1.165, 1.54) is 5.56 Å². The number of benzene rings is 1. The molecule has 0 aromatic heterocycles. The second-order valence-corrected chi connectivity index (χ2v) is 3.98. The zero-order valence-electron chi connectivity index (χ0n) is 9.49. The molecule has 1 aliphatic rings. The zero-order valence-corrected chi connectivity index (χ0v) is 9.49. The van der Waals surface area contributed by atoms with Crippen LogP contribution in [0.5, 0.6) is 5.75 Å². The van der Waals surface area contributed by atoms with Crippen LogP contribution in [0.25, 0.3) is 0 Å². The van der Waals surface area contributed by atoms with Crippen molar-refractivity contribution in [3.63, 3.8) is 0 Å². The van der Waals surface area contributed by atoms with Gasteiger partial charge in [-0.15, -0.1) is 5.92 Å². The maximum Gasteiger partial charge on any atom is 0.149 e. The Balaban J connectivity index is 2.16. The summed E-state index contributed by atoms with van der Waals surface area (Å²) in [7, 11) is 0. The number of rotatable bonds is 2. The van der Waals surface area contributed by atoms with E-state index in [9.17, 15) is 5.11 Å². The fourth-order valence-electron chi connectivity index (χ4n) is 2.03. The smallest absolute Gasteiger partial charge is 0.149 e. The number of hydrogen-bond acceptors (Lipinski definition) is 2. The molecule has 0 bridgehead atoms. The Kier molecular flexibility index (Phi) is 3.48. The normalized spacial score (nSPS) is 18.2. The van der Waals surface area contributed by atoms with Crippen LogP contribution in [0.1, 0.15) is 37.0 Å². The lowest BCUT2D eigenvalue weighted by Gasteiger charge is -2.21. The minimum atomic E-state index is -0.329. The van der Waals surface area contributed by atoms with E-state index >= 15 is 0 Å². The predicted octanol–water partition coefficient (Wildman–Crippen LogP) is 2.46. The average Bonchev–Trinajstić information content (AvgIpc) is 2.30. The maximum absolute atomic E-state index is 9.87. The van der Waals surface area contributed by atoms with Crippen LogP contribution in [0.4, 0.5) is 0 Å². The molecule has 0 aliphatic heterocycles.